The van der Waals surface area contributed by atoms with Crippen molar-refractivity contribution in [1.82, 2.24) is 14.9 Å². The van der Waals surface area contributed by atoms with Gasteiger partial charge in [-0.15, -0.1) is 0 Å². The predicted octanol–water partition coefficient (Wildman–Crippen LogP) is 2.63. The van der Waals surface area contributed by atoms with Gasteiger partial charge in [0, 0.05) is 37.5 Å². The lowest BCUT2D eigenvalue weighted by atomic mass is 9.79. The van der Waals surface area contributed by atoms with Gasteiger partial charge in [-0.1, -0.05) is 0 Å². The summed E-state index contributed by atoms with van der Waals surface area (Å²) >= 11 is 0. The van der Waals surface area contributed by atoms with Gasteiger partial charge in [-0.25, -0.2) is 18.7 Å². The number of nitrogens with two attached hydrogens (primary N) is 1. The summed E-state index contributed by atoms with van der Waals surface area (Å²) in [5.41, 5.74) is 5.24. The summed E-state index contributed by atoms with van der Waals surface area (Å²) in [5, 5.41) is 13.5. The Bertz CT molecular complexity index is 873. The number of carbonyl (C=O) groups excluding carboxylic acids is 1. The number of hydrogen-bond donors (Lipinski definition) is 3. The van der Waals surface area contributed by atoms with Crippen LogP contribution in [0.2, 0.25) is 0 Å². The molecule has 3 aliphatic rings. The average molecular weight is 499 g/mol. The van der Waals surface area contributed by atoms with E-state index in [1.54, 1.807) is 0 Å². The number of halogens is 3. The van der Waals surface area contributed by atoms with Gasteiger partial charge in [0.25, 0.3) is 0 Å². The molecule has 35 heavy (non-hydrogen) atoms. The van der Waals surface area contributed by atoms with E-state index in [1.165, 1.54) is 6.33 Å². The van der Waals surface area contributed by atoms with Crippen molar-refractivity contribution in [3.8, 4) is 0 Å². The van der Waals surface area contributed by atoms with Gasteiger partial charge in [-0.3, -0.25) is 9.69 Å². The molecule has 2 saturated carbocycles. The van der Waals surface area contributed by atoms with E-state index in [9.17, 15) is 18.7 Å². The SMILES string of the molecule is CC(F)(F)C1CCC(CN(c2ncnc(NCC3CCN(CC(N)=O)CC3O)c2F)C2CC2)CC1. The number of aliphatic hydroxyl groups is 1. The highest BCUT2D eigenvalue weighted by molar-refractivity contribution is 5.75. The van der Waals surface area contributed by atoms with E-state index >= 15 is 4.39 Å². The number of likely N-dealkylation sites (tertiary alicyclic amines) is 1. The molecule has 4 N–H and O–H groups in total. The molecule has 0 spiro atoms. The van der Waals surface area contributed by atoms with Crippen LogP contribution in [0.1, 0.15) is 51.9 Å². The third-order valence-electron chi connectivity index (χ3n) is 7.77. The fraction of sp³-hybridized carbons (Fsp3) is 0.792. The maximum Gasteiger partial charge on any atom is 0.248 e. The van der Waals surface area contributed by atoms with Crippen LogP contribution in [0.3, 0.4) is 0 Å². The molecule has 0 aromatic carbocycles. The van der Waals surface area contributed by atoms with Gasteiger partial charge in [0.1, 0.15) is 6.33 Å². The second-order valence-electron chi connectivity index (χ2n) is 10.6. The maximum atomic E-state index is 15.5. The minimum Gasteiger partial charge on any atom is -0.391 e. The second-order valence-corrected chi connectivity index (χ2v) is 10.6. The standard InChI is InChI=1S/C24H37F3N6O2/c1-24(26,27)17-4-2-15(3-5-17)11-33(18-6-7-18)23-21(25)22(30-14-31-23)29-10-16-8-9-32(12-19(16)34)13-20(28)35/h14-19,34H,2-13H2,1H3,(H2,28,35)(H,29,30,31). The monoisotopic (exact) mass is 498 g/mol. The van der Waals surface area contributed by atoms with Crippen LogP contribution in [0, 0.1) is 23.6 Å². The van der Waals surface area contributed by atoms with Gasteiger partial charge in [-0.2, -0.15) is 4.39 Å². The Balaban J connectivity index is 1.36. The van der Waals surface area contributed by atoms with E-state index in [-0.39, 0.29) is 36.1 Å². The molecule has 2 heterocycles. The van der Waals surface area contributed by atoms with Gasteiger partial charge in [-0.05, 0) is 64.3 Å². The van der Waals surface area contributed by atoms with E-state index < -0.39 is 29.7 Å². The zero-order chi connectivity index (χ0) is 25.2. The number of nitrogens with zero attached hydrogens (tertiary/aromatic N) is 4. The highest BCUT2D eigenvalue weighted by Gasteiger charge is 2.39. The Labute approximate surface area is 204 Å². The molecule has 0 radical (unpaired) electrons. The molecule has 4 rings (SSSR count). The summed E-state index contributed by atoms with van der Waals surface area (Å²) in [5.74, 6) is -3.69. The zero-order valence-electron chi connectivity index (χ0n) is 20.3. The van der Waals surface area contributed by atoms with Crippen molar-refractivity contribution in [2.75, 3.05) is 42.9 Å². The number of aliphatic hydroxyl groups excluding tert-OH is 1. The van der Waals surface area contributed by atoms with Crippen molar-refractivity contribution in [2.24, 2.45) is 23.5 Å². The number of anilines is 2. The third kappa shape index (κ3) is 6.75. The van der Waals surface area contributed by atoms with Crippen LogP contribution in [0.25, 0.3) is 0 Å². The average Bonchev–Trinajstić information content (AvgIpc) is 3.63. The summed E-state index contributed by atoms with van der Waals surface area (Å²) in [7, 11) is 0. The minimum absolute atomic E-state index is 0.0988. The van der Waals surface area contributed by atoms with Crippen molar-refractivity contribution < 1.29 is 23.1 Å². The van der Waals surface area contributed by atoms with Gasteiger partial charge in [0.05, 0.1) is 12.6 Å². The molecule has 0 bridgehead atoms. The minimum atomic E-state index is -2.65. The molecule has 1 aliphatic heterocycles. The smallest absolute Gasteiger partial charge is 0.248 e. The van der Waals surface area contributed by atoms with Crippen molar-refractivity contribution in [3.05, 3.63) is 12.1 Å². The molecule has 8 nitrogen and oxygen atoms in total. The van der Waals surface area contributed by atoms with Crippen LogP contribution in [0.5, 0.6) is 0 Å². The van der Waals surface area contributed by atoms with Crippen molar-refractivity contribution in [3.63, 3.8) is 0 Å². The number of nitrogens with one attached hydrogen (secondary N) is 1. The van der Waals surface area contributed by atoms with Crippen molar-refractivity contribution >= 4 is 17.5 Å². The number of piperidine rings is 1. The number of aromatic nitrogens is 2. The van der Waals surface area contributed by atoms with Crippen molar-refractivity contribution in [1.29, 1.82) is 0 Å². The molecule has 2 aliphatic carbocycles. The number of hydrogen-bond acceptors (Lipinski definition) is 7. The number of β-amino-alcohol motifs (C(OH)–C–C–N with tert-alkyl or cyclic N) is 1. The van der Waals surface area contributed by atoms with Gasteiger partial charge in [0.15, 0.2) is 11.6 Å². The van der Waals surface area contributed by atoms with Gasteiger partial charge >= 0.3 is 0 Å². The van der Waals surface area contributed by atoms with E-state index in [0.717, 1.165) is 19.8 Å². The molecule has 1 saturated heterocycles. The molecule has 196 valence electrons. The summed E-state index contributed by atoms with van der Waals surface area (Å²) in [4.78, 5) is 23.3. The normalized spacial score (nSPS) is 28.0. The molecule has 1 amide bonds. The summed E-state index contributed by atoms with van der Waals surface area (Å²) in [6.45, 7) is 3.04. The lowest BCUT2D eigenvalue weighted by Gasteiger charge is -2.36. The van der Waals surface area contributed by atoms with E-state index in [0.29, 0.717) is 58.3 Å². The Morgan fingerprint density at radius 1 is 1.23 bits per heavy atom. The number of carbonyl (C=O) groups is 1. The first kappa shape index (κ1) is 25.9. The van der Waals surface area contributed by atoms with Crippen LogP contribution in [-0.2, 0) is 4.79 Å². The number of primary amides is 1. The molecule has 11 heteroatoms. The van der Waals surface area contributed by atoms with E-state index in [2.05, 4.69) is 15.3 Å². The van der Waals surface area contributed by atoms with Crippen LogP contribution < -0.4 is 16.0 Å². The Morgan fingerprint density at radius 3 is 2.54 bits per heavy atom. The van der Waals surface area contributed by atoms with Crippen LogP contribution in [0.15, 0.2) is 6.33 Å². The third-order valence-corrected chi connectivity index (χ3v) is 7.77. The zero-order valence-corrected chi connectivity index (χ0v) is 20.3. The highest BCUT2D eigenvalue weighted by atomic mass is 19.3. The Morgan fingerprint density at radius 2 is 1.94 bits per heavy atom. The summed E-state index contributed by atoms with van der Waals surface area (Å²) in [6.07, 6.45) is 5.66. The first-order valence-electron chi connectivity index (χ1n) is 12.7. The highest BCUT2D eigenvalue weighted by Crippen LogP contribution is 2.41. The lowest BCUT2D eigenvalue weighted by Crippen LogP contribution is -2.48. The maximum absolute atomic E-state index is 15.5. The first-order valence-corrected chi connectivity index (χ1v) is 12.7. The van der Waals surface area contributed by atoms with Gasteiger partial charge in [0.2, 0.25) is 17.6 Å². The largest absolute Gasteiger partial charge is 0.391 e. The van der Waals surface area contributed by atoms with Crippen LogP contribution >= 0.6 is 0 Å². The fourth-order valence-corrected chi connectivity index (χ4v) is 5.48. The molecule has 1 aromatic heterocycles. The van der Waals surface area contributed by atoms with E-state index in [4.69, 9.17) is 5.73 Å². The van der Waals surface area contributed by atoms with Gasteiger partial charge < -0.3 is 21.1 Å². The second kappa shape index (κ2) is 10.9. The summed E-state index contributed by atoms with van der Waals surface area (Å²) < 4.78 is 42.8. The van der Waals surface area contributed by atoms with Crippen LogP contribution in [0.4, 0.5) is 24.8 Å². The Hall–Kier alpha value is -2.14. The molecular formula is C24H37F3N6O2. The first-order chi connectivity index (χ1) is 16.6. The molecule has 2 unspecified atom stereocenters. The number of amides is 1. The molecule has 1 aromatic rings. The topological polar surface area (TPSA) is 108 Å². The van der Waals surface area contributed by atoms with Crippen molar-refractivity contribution in [2.45, 2.75) is 69.9 Å². The molecule has 2 atom stereocenters. The van der Waals surface area contributed by atoms with Crippen LogP contribution in [-0.4, -0.2) is 76.7 Å². The number of rotatable bonds is 10. The van der Waals surface area contributed by atoms with E-state index in [1.807, 2.05) is 9.80 Å². The summed E-state index contributed by atoms with van der Waals surface area (Å²) in [6, 6.07) is 0.217. The lowest BCUT2D eigenvalue weighted by molar-refractivity contribution is -0.120. The Kier molecular flexibility index (Phi) is 8.05. The molecule has 3 fully saturated rings. The molecular weight excluding hydrogens is 461 g/mol. The fourth-order valence-electron chi connectivity index (χ4n) is 5.48. The quantitative estimate of drug-likeness (QED) is 0.455. The predicted molar refractivity (Wildman–Crippen MR) is 127 cm³/mol. The number of alkyl halides is 2.